The highest BCUT2D eigenvalue weighted by Crippen LogP contribution is 2.37. The fourth-order valence-electron chi connectivity index (χ4n) is 1.84. The minimum atomic E-state index is -1.47. The lowest BCUT2D eigenvalue weighted by Crippen LogP contribution is -2.55. The van der Waals surface area contributed by atoms with Gasteiger partial charge in [0.25, 0.3) is 0 Å². The van der Waals surface area contributed by atoms with Gasteiger partial charge in [0, 0.05) is 0 Å². The molecule has 0 saturated carbocycles. The van der Waals surface area contributed by atoms with Gasteiger partial charge in [-0.2, -0.15) is 0 Å². The van der Waals surface area contributed by atoms with Gasteiger partial charge in [-0.05, 0) is 31.5 Å². The molecule has 1 unspecified atom stereocenters. The van der Waals surface area contributed by atoms with Crippen LogP contribution in [0.4, 0.5) is 10.1 Å². The van der Waals surface area contributed by atoms with Gasteiger partial charge < -0.3 is 20.3 Å². The normalized spacial score (nSPS) is 26.2. The van der Waals surface area contributed by atoms with Crippen molar-refractivity contribution in [3.63, 3.8) is 0 Å². The number of hydrogen-bond acceptors (Lipinski definition) is 4. The molecular formula is C12H14FNO4. The summed E-state index contributed by atoms with van der Waals surface area (Å²) in [4.78, 5) is 11.4. The summed E-state index contributed by atoms with van der Waals surface area (Å²) in [5.41, 5.74) is 4.11. The lowest BCUT2D eigenvalue weighted by Gasteiger charge is -2.43. The van der Waals surface area contributed by atoms with Crippen LogP contribution < -0.4 is 5.73 Å². The second-order valence-corrected chi connectivity index (χ2v) is 4.42. The molecule has 1 aliphatic rings. The van der Waals surface area contributed by atoms with E-state index in [1.54, 1.807) is 6.92 Å². The van der Waals surface area contributed by atoms with Gasteiger partial charge in [-0.1, -0.05) is 6.07 Å². The van der Waals surface area contributed by atoms with Crippen LogP contribution in [-0.4, -0.2) is 23.7 Å². The van der Waals surface area contributed by atoms with E-state index < -0.39 is 29.8 Å². The summed E-state index contributed by atoms with van der Waals surface area (Å²) in [7, 11) is 0. The van der Waals surface area contributed by atoms with Crippen LogP contribution >= 0.6 is 0 Å². The van der Waals surface area contributed by atoms with Gasteiger partial charge in [-0.25, -0.2) is 4.39 Å². The van der Waals surface area contributed by atoms with E-state index in [0.717, 1.165) is 6.07 Å². The highest BCUT2D eigenvalue weighted by molar-refractivity contribution is 5.81. The third-order valence-electron chi connectivity index (χ3n) is 3.15. The summed E-state index contributed by atoms with van der Waals surface area (Å²) >= 11 is 0. The molecule has 0 spiro atoms. The van der Waals surface area contributed by atoms with Crippen LogP contribution in [0.2, 0.25) is 0 Å². The van der Waals surface area contributed by atoms with Crippen LogP contribution in [0.5, 0.6) is 0 Å². The summed E-state index contributed by atoms with van der Waals surface area (Å²) in [5.74, 6) is -1.81. The highest BCUT2D eigenvalue weighted by atomic mass is 19.1. The Kier molecular flexibility index (Phi) is 3.00. The molecule has 18 heavy (non-hydrogen) atoms. The number of aliphatic carboxylic acids is 1. The van der Waals surface area contributed by atoms with Crippen molar-refractivity contribution >= 4 is 11.7 Å². The molecule has 0 aliphatic carbocycles. The van der Waals surface area contributed by atoms with E-state index in [9.17, 15) is 14.3 Å². The summed E-state index contributed by atoms with van der Waals surface area (Å²) in [6, 6.07) is 3.88. The molecule has 1 aromatic rings. The zero-order chi connectivity index (χ0) is 13.5. The third-order valence-corrected chi connectivity index (χ3v) is 3.15. The van der Waals surface area contributed by atoms with Gasteiger partial charge in [0.2, 0.25) is 0 Å². The fourth-order valence-corrected chi connectivity index (χ4v) is 1.84. The van der Waals surface area contributed by atoms with E-state index in [0.29, 0.717) is 0 Å². The van der Waals surface area contributed by atoms with Crippen molar-refractivity contribution in [1.29, 1.82) is 0 Å². The molecule has 1 aliphatic heterocycles. The molecule has 2 rings (SSSR count). The van der Waals surface area contributed by atoms with E-state index in [2.05, 4.69) is 0 Å². The summed E-state index contributed by atoms with van der Waals surface area (Å²) in [5, 5.41) is 9.35. The molecule has 5 nitrogen and oxygen atoms in total. The van der Waals surface area contributed by atoms with Crippen LogP contribution in [0.3, 0.4) is 0 Å². The zero-order valence-corrected chi connectivity index (χ0v) is 10.0. The van der Waals surface area contributed by atoms with Crippen molar-refractivity contribution < 1.29 is 23.8 Å². The summed E-state index contributed by atoms with van der Waals surface area (Å²) in [6.45, 7) is 3.08. The number of nitrogens with two attached hydrogens (primary N) is 1. The number of carboxylic acids is 1. The Morgan fingerprint density at radius 2 is 2.11 bits per heavy atom. The number of hydrogen-bond donors (Lipinski definition) is 2. The molecule has 3 N–H and O–H groups in total. The Balaban J connectivity index is 2.41. The topological polar surface area (TPSA) is 81.8 Å². The number of ether oxygens (including phenoxy) is 2. The lowest BCUT2D eigenvalue weighted by molar-refractivity contribution is -0.392. The van der Waals surface area contributed by atoms with Gasteiger partial charge in [-0.3, -0.25) is 4.79 Å². The number of benzene rings is 1. The molecule has 1 heterocycles. The van der Waals surface area contributed by atoms with E-state index in [4.69, 9.17) is 15.2 Å². The lowest BCUT2D eigenvalue weighted by atomic mass is 9.81. The second kappa shape index (κ2) is 4.22. The standard InChI is InChI=1S/C12H14FNO4/c1-6-17-11(18-6)12(2,10(15)16)7-3-4-9(14)8(13)5-7/h3-6,11H,14H2,1-2H3,(H,15,16). The first kappa shape index (κ1) is 12.8. The highest BCUT2D eigenvalue weighted by Gasteiger charge is 2.51. The van der Waals surface area contributed by atoms with Crippen LogP contribution in [-0.2, 0) is 19.7 Å². The van der Waals surface area contributed by atoms with Crippen molar-refractivity contribution in [1.82, 2.24) is 0 Å². The first-order valence-electron chi connectivity index (χ1n) is 5.45. The van der Waals surface area contributed by atoms with Crippen molar-refractivity contribution in [2.45, 2.75) is 31.8 Å². The fraction of sp³-hybridized carbons (Fsp3) is 0.417. The van der Waals surface area contributed by atoms with Gasteiger partial charge in [0.1, 0.15) is 11.2 Å². The van der Waals surface area contributed by atoms with Crippen LogP contribution in [0.25, 0.3) is 0 Å². The number of anilines is 1. The third kappa shape index (κ3) is 1.83. The maximum atomic E-state index is 13.4. The quantitative estimate of drug-likeness (QED) is 0.799. The van der Waals surface area contributed by atoms with Crippen molar-refractivity contribution in [3.05, 3.63) is 29.6 Å². The Morgan fingerprint density at radius 3 is 2.56 bits per heavy atom. The van der Waals surface area contributed by atoms with E-state index in [1.165, 1.54) is 19.1 Å². The summed E-state index contributed by atoms with van der Waals surface area (Å²) < 4.78 is 23.9. The molecule has 1 aromatic carbocycles. The van der Waals surface area contributed by atoms with Gasteiger partial charge >= 0.3 is 5.97 Å². The predicted octanol–water partition coefficient (Wildman–Crippen LogP) is 1.47. The minimum Gasteiger partial charge on any atom is -0.480 e. The molecule has 6 heteroatoms. The van der Waals surface area contributed by atoms with Crippen LogP contribution in [0.15, 0.2) is 18.2 Å². The largest absolute Gasteiger partial charge is 0.480 e. The van der Waals surface area contributed by atoms with Crippen molar-refractivity contribution in [2.24, 2.45) is 0 Å². The van der Waals surface area contributed by atoms with Crippen molar-refractivity contribution in [3.8, 4) is 0 Å². The molecular weight excluding hydrogens is 241 g/mol. The molecule has 0 radical (unpaired) electrons. The molecule has 0 amide bonds. The van der Waals surface area contributed by atoms with E-state index >= 15 is 0 Å². The minimum absolute atomic E-state index is 0.0321. The maximum absolute atomic E-state index is 13.4. The summed E-state index contributed by atoms with van der Waals surface area (Å²) in [6.07, 6.45) is -1.39. The first-order chi connectivity index (χ1) is 8.35. The van der Waals surface area contributed by atoms with Crippen LogP contribution in [0, 0.1) is 5.82 Å². The SMILES string of the molecule is CC1OC(C(C)(C(=O)O)c2ccc(N)c(F)c2)O1. The number of nitrogen functional groups attached to an aromatic ring is 1. The average Bonchev–Trinajstić information content (AvgIpc) is 2.27. The molecule has 0 bridgehead atoms. The molecule has 1 fully saturated rings. The molecule has 98 valence electrons. The Labute approximate surface area is 103 Å². The number of carbonyl (C=O) groups is 1. The molecule has 1 saturated heterocycles. The zero-order valence-electron chi connectivity index (χ0n) is 10.0. The predicted molar refractivity (Wildman–Crippen MR) is 61.2 cm³/mol. The number of rotatable bonds is 3. The monoisotopic (exact) mass is 255 g/mol. The Bertz CT molecular complexity index is 487. The maximum Gasteiger partial charge on any atom is 0.319 e. The number of halogens is 1. The Morgan fingerprint density at radius 1 is 1.50 bits per heavy atom. The number of carboxylic acid groups (broad SMARTS) is 1. The van der Waals surface area contributed by atoms with Gasteiger partial charge in [-0.15, -0.1) is 0 Å². The first-order valence-corrected chi connectivity index (χ1v) is 5.45. The van der Waals surface area contributed by atoms with Gasteiger partial charge in [0.15, 0.2) is 12.6 Å². The molecule has 0 aromatic heterocycles. The van der Waals surface area contributed by atoms with E-state index in [-0.39, 0.29) is 11.3 Å². The van der Waals surface area contributed by atoms with Crippen LogP contribution in [0.1, 0.15) is 19.4 Å². The van der Waals surface area contributed by atoms with Gasteiger partial charge in [0.05, 0.1) is 5.69 Å². The Hall–Kier alpha value is -1.66. The van der Waals surface area contributed by atoms with Crippen molar-refractivity contribution in [2.75, 3.05) is 5.73 Å². The molecule has 1 atom stereocenters. The second-order valence-electron chi connectivity index (χ2n) is 4.42. The average molecular weight is 255 g/mol. The smallest absolute Gasteiger partial charge is 0.319 e. The van der Waals surface area contributed by atoms with E-state index in [1.807, 2.05) is 0 Å².